The molecule has 2 aromatic rings. The third-order valence-electron chi connectivity index (χ3n) is 4.35. The minimum Gasteiger partial charge on any atom is -0.349 e. The van der Waals surface area contributed by atoms with Crippen molar-refractivity contribution < 1.29 is 4.79 Å². The average Bonchev–Trinajstić information content (AvgIpc) is 3.39. The first-order valence-electron chi connectivity index (χ1n) is 8.51. The number of aromatic nitrogens is 2. The maximum atomic E-state index is 12.6. The van der Waals surface area contributed by atoms with Crippen LogP contribution in [0, 0.1) is 11.8 Å². The molecule has 1 aliphatic carbocycles. The highest BCUT2D eigenvalue weighted by Gasteiger charge is 2.29. The van der Waals surface area contributed by atoms with Gasteiger partial charge in [0.15, 0.2) is 5.69 Å². The molecule has 0 aliphatic heterocycles. The molecule has 1 amide bonds. The van der Waals surface area contributed by atoms with Crippen molar-refractivity contribution in [2.24, 2.45) is 17.6 Å². The van der Waals surface area contributed by atoms with E-state index in [4.69, 9.17) is 5.73 Å². The van der Waals surface area contributed by atoms with Gasteiger partial charge in [-0.05, 0) is 30.7 Å². The second kappa shape index (κ2) is 6.73. The van der Waals surface area contributed by atoms with Crippen LogP contribution in [0.5, 0.6) is 0 Å². The van der Waals surface area contributed by atoms with Crippen LogP contribution in [0.15, 0.2) is 29.1 Å². The number of benzene rings is 1. The number of nitrogens with one attached hydrogen (secondary N) is 1. The summed E-state index contributed by atoms with van der Waals surface area (Å²) in [5.74, 6) is 0.500. The molecule has 1 atom stereocenters. The van der Waals surface area contributed by atoms with E-state index in [1.54, 1.807) is 18.2 Å². The lowest BCUT2D eigenvalue weighted by Crippen LogP contribution is -2.39. The summed E-state index contributed by atoms with van der Waals surface area (Å²) in [6.45, 7) is 4.93. The Morgan fingerprint density at radius 3 is 2.62 bits per heavy atom. The molecule has 0 saturated heterocycles. The van der Waals surface area contributed by atoms with Crippen molar-refractivity contribution in [2.45, 2.75) is 39.3 Å². The molecule has 3 rings (SSSR count). The monoisotopic (exact) mass is 328 g/mol. The van der Waals surface area contributed by atoms with Crippen LogP contribution in [0.4, 0.5) is 0 Å². The second-order valence-corrected chi connectivity index (χ2v) is 6.99. The normalized spacial score (nSPS) is 15.7. The number of fused-ring (bicyclic) bond motifs is 1. The van der Waals surface area contributed by atoms with Gasteiger partial charge >= 0.3 is 0 Å². The molecule has 0 spiro atoms. The Morgan fingerprint density at radius 1 is 1.33 bits per heavy atom. The fourth-order valence-electron chi connectivity index (χ4n) is 2.86. The first-order valence-corrected chi connectivity index (χ1v) is 8.51. The van der Waals surface area contributed by atoms with Gasteiger partial charge in [-0.25, -0.2) is 4.68 Å². The Bertz CT molecular complexity index is 808. The number of nitrogens with two attached hydrogens (primary N) is 1. The van der Waals surface area contributed by atoms with Gasteiger partial charge in [-0.1, -0.05) is 32.0 Å². The van der Waals surface area contributed by atoms with Crippen LogP contribution in [-0.2, 0) is 6.54 Å². The number of hydrogen-bond donors (Lipinski definition) is 2. The van der Waals surface area contributed by atoms with Gasteiger partial charge in [-0.2, -0.15) is 5.10 Å². The lowest BCUT2D eigenvalue weighted by Gasteiger charge is -2.14. The van der Waals surface area contributed by atoms with E-state index < -0.39 is 0 Å². The smallest absolute Gasteiger partial charge is 0.274 e. The molecule has 1 aliphatic rings. The van der Waals surface area contributed by atoms with Gasteiger partial charge in [0, 0.05) is 24.5 Å². The van der Waals surface area contributed by atoms with Crippen LogP contribution in [0.3, 0.4) is 0 Å². The van der Waals surface area contributed by atoms with Crippen molar-refractivity contribution in [1.29, 1.82) is 0 Å². The van der Waals surface area contributed by atoms with Crippen LogP contribution in [0.25, 0.3) is 10.8 Å². The van der Waals surface area contributed by atoms with Gasteiger partial charge in [0.25, 0.3) is 11.5 Å². The van der Waals surface area contributed by atoms with E-state index in [-0.39, 0.29) is 29.1 Å². The average molecular weight is 328 g/mol. The van der Waals surface area contributed by atoms with Gasteiger partial charge in [-0.15, -0.1) is 0 Å². The molecule has 0 bridgehead atoms. The SMILES string of the molecule is CC(C)Cn1nc(C(=O)NCC(N)C2CC2)c2ccccc2c1=O. The zero-order valence-corrected chi connectivity index (χ0v) is 14.2. The van der Waals surface area contributed by atoms with Gasteiger partial charge in [-0.3, -0.25) is 9.59 Å². The third-order valence-corrected chi connectivity index (χ3v) is 4.35. The first-order chi connectivity index (χ1) is 11.5. The van der Waals surface area contributed by atoms with E-state index in [1.807, 2.05) is 19.9 Å². The predicted octanol–water partition coefficient (Wildman–Crippen LogP) is 1.52. The molecule has 3 N–H and O–H groups in total. The minimum absolute atomic E-state index is 0.0122. The highest BCUT2D eigenvalue weighted by Crippen LogP contribution is 2.31. The molecule has 0 radical (unpaired) electrons. The highest BCUT2D eigenvalue weighted by molar-refractivity contribution is 6.04. The van der Waals surface area contributed by atoms with E-state index in [0.29, 0.717) is 29.8 Å². The second-order valence-electron chi connectivity index (χ2n) is 6.99. The lowest BCUT2D eigenvalue weighted by atomic mass is 10.1. The number of rotatable bonds is 6. The first kappa shape index (κ1) is 16.6. The molecule has 128 valence electrons. The summed E-state index contributed by atoms with van der Waals surface area (Å²) in [7, 11) is 0. The Hall–Kier alpha value is -2.21. The van der Waals surface area contributed by atoms with E-state index in [9.17, 15) is 9.59 Å². The minimum atomic E-state index is -0.278. The molecular formula is C18H24N4O2. The number of nitrogens with zero attached hydrogens (tertiary/aromatic N) is 2. The summed E-state index contributed by atoms with van der Waals surface area (Å²) in [4.78, 5) is 25.2. The molecule has 1 aromatic carbocycles. The molecule has 6 nitrogen and oxygen atoms in total. The standard InChI is InChI=1S/C18H24N4O2/c1-11(2)10-22-18(24)14-6-4-3-5-13(14)16(21-22)17(23)20-9-15(19)12-7-8-12/h3-6,11-12,15H,7-10,19H2,1-2H3,(H,20,23). The summed E-state index contributed by atoms with van der Waals surface area (Å²) < 4.78 is 1.39. The molecule has 24 heavy (non-hydrogen) atoms. The molecule has 1 aromatic heterocycles. The van der Waals surface area contributed by atoms with Crippen molar-refractivity contribution in [2.75, 3.05) is 6.54 Å². The Labute approximate surface area is 141 Å². The third kappa shape index (κ3) is 3.48. The number of carbonyl (C=O) groups excluding carboxylic acids is 1. The molecule has 1 unspecified atom stereocenters. The van der Waals surface area contributed by atoms with Gasteiger partial charge in [0.2, 0.25) is 0 Å². The highest BCUT2D eigenvalue weighted by atomic mass is 16.2. The van der Waals surface area contributed by atoms with Crippen molar-refractivity contribution >= 4 is 16.7 Å². The maximum absolute atomic E-state index is 12.6. The number of amides is 1. The van der Waals surface area contributed by atoms with Gasteiger partial charge < -0.3 is 11.1 Å². The maximum Gasteiger partial charge on any atom is 0.274 e. The summed E-state index contributed by atoms with van der Waals surface area (Å²) >= 11 is 0. The fourth-order valence-corrected chi connectivity index (χ4v) is 2.86. The van der Waals surface area contributed by atoms with E-state index in [2.05, 4.69) is 10.4 Å². The zero-order chi connectivity index (χ0) is 17.3. The number of carbonyl (C=O) groups is 1. The lowest BCUT2D eigenvalue weighted by molar-refractivity contribution is 0.0944. The molecule has 1 fully saturated rings. The molecule has 6 heteroatoms. The Kier molecular flexibility index (Phi) is 4.66. The number of hydrogen-bond acceptors (Lipinski definition) is 4. The summed E-state index contributed by atoms with van der Waals surface area (Å²) in [5, 5.41) is 8.30. The van der Waals surface area contributed by atoms with E-state index in [0.717, 1.165) is 12.8 Å². The van der Waals surface area contributed by atoms with Crippen LogP contribution in [0.1, 0.15) is 37.2 Å². The van der Waals surface area contributed by atoms with Gasteiger partial charge in [0.1, 0.15) is 0 Å². The summed E-state index contributed by atoms with van der Waals surface area (Å²) in [5.41, 5.74) is 6.17. The zero-order valence-electron chi connectivity index (χ0n) is 14.2. The van der Waals surface area contributed by atoms with Crippen molar-refractivity contribution in [3.05, 3.63) is 40.3 Å². The predicted molar refractivity (Wildman–Crippen MR) is 93.9 cm³/mol. The Balaban J connectivity index is 1.94. The van der Waals surface area contributed by atoms with E-state index >= 15 is 0 Å². The van der Waals surface area contributed by atoms with Crippen molar-refractivity contribution in [3.63, 3.8) is 0 Å². The topological polar surface area (TPSA) is 90.0 Å². The molecule has 1 heterocycles. The summed E-state index contributed by atoms with van der Waals surface area (Å²) in [6.07, 6.45) is 2.27. The Morgan fingerprint density at radius 2 is 2.00 bits per heavy atom. The quantitative estimate of drug-likeness (QED) is 0.841. The van der Waals surface area contributed by atoms with E-state index in [1.165, 1.54) is 4.68 Å². The van der Waals surface area contributed by atoms with Crippen LogP contribution >= 0.6 is 0 Å². The van der Waals surface area contributed by atoms with Crippen molar-refractivity contribution in [1.82, 2.24) is 15.1 Å². The fraction of sp³-hybridized carbons (Fsp3) is 0.500. The molecular weight excluding hydrogens is 304 g/mol. The van der Waals surface area contributed by atoms with Crippen LogP contribution in [0.2, 0.25) is 0 Å². The summed E-state index contributed by atoms with van der Waals surface area (Å²) in [6, 6.07) is 7.10. The van der Waals surface area contributed by atoms with Crippen molar-refractivity contribution in [3.8, 4) is 0 Å². The van der Waals surface area contributed by atoms with Gasteiger partial charge in [0.05, 0.1) is 5.39 Å². The van der Waals surface area contributed by atoms with Crippen LogP contribution in [-0.4, -0.2) is 28.3 Å². The largest absolute Gasteiger partial charge is 0.349 e. The molecule has 1 saturated carbocycles. The van der Waals surface area contributed by atoms with Crippen LogP contribution < -0.4 is 16.6 Å².